The molecule has 0 aliphatic rings. The normalized spacial score (nSPS) is 14.6. The molecule has 1 amide bonds. The van der Waals surface area contributed by atoms with E-state index in [1.54, 1.807) is 32.0 Å². The van der Waals surface area contributed by atoms with E-state index in [2.05, 4.69) is 21.2 Å². The molecule has 3 N–H and O–H groups in total. The van der Waals surface area contributed by atoms with Gasteiger partial charge in [-0.05, 0) is 49.2 Å². The Morgan fingerprint density at radius 3 is 2.46 bits per heavy atom. The fourth-order valence-electron chi connectivity index (χ4n) is 2.31. The third kappa shape index (κ3) is 3.94. The van der Waals surface area contributed by atoms with Gasteiger partial charge in [-0.2, -0.15) is 0 Å². The molecule has 0 saturated carbocycles. The number of nitrogens with one attached hydrogen (secondary N) is 1. The van der Waals surface area contributed by atoms with Crippen LogP contribution < -0.4 is 15.8 Å². The number of hydrogen-bond donors (Lipinski definition) is 2. The molecule has 24 heavy (non-hydrogen) atoms. The first kappa shape index (κ1) is 18.4. The Hall–Kier alpha value is -1.92. The van der Waals surface area contributed by atoms with Gasteiger partial charge in [0, 0.05) is 4.47 Å². The summed E-state index contributed by atoms with van der Waals surface area (Å²) >= 11 is 3.35. The molecule has 0 bridgehead atoms. The monoisotopic (exact) mass is 394 g/mol. The van der Waals surface area contributed by atoms with E-state index < -0.39 is 17.4 Å². The molecule has 2 rings (SSSR count). The second-order valence-corrected chi connectivity index (χ2v) is 6.71. The van der Waals surface area contributed by atoms with Crippen LogP contribution in [0.5, 0.6) is 5.75 Å². The van der Waals surface area contributed by atoms with Crippen LogP contribution in [0, 0.1) is 5.82 Å². The number of halogens is 2. The lowest BCUT2D eigenvalue weighted by Crippen LogP contribution is -2.49. The molecule has 0 aliphatic carbocycles. The third-order valence-electron chi connectivity index (χ3n) is 3.94. The van der Waals surface area contributed by atoms with E-state index in [0.717, 1.165) is 4.47 Å². The van der Waals surface area contributed by atoms with Gasteiger partial charge in [-0.25, -0.2) is 4.39 Å². The second kappa shape index (κ2) is 7.32. The molecule has 2 atom stereocenters. The fourth-order valence-corrected chi connectivity index (χ4v) is 2.57. The van der Waals surface area contributed by atoms with Crippen LogP contribution in [0.3, 0.4) is 0 Å². The number of ether oxygens (including phenoxy) is 1. The summed E-state index contributed by atoms with van der Waals surface area (Å²) in [5.41, 5.74) is 6.34. The Morgan fingerprint density at radius 2 is 1.92 bits per heavy atom. The zero-order valence-electron chi connectivity index (χ0n) is 13.8. The molecule has 0 spiro atoms. The van der Waals surface area contributed by atoms with Gasteiger partial charge in [-0.3, -0.25) is 4.79 Å². The molecule has 2 aromatic rings. The molecule has 0 aliphatic heterocycles. The van der Waals surface area contributed by atoms with E-state index in [0.29, 0.717) is 11.1 Å². The van der Waals surface area contributed by atoms with Crippen molar-refractivity contribution < 1.29 is 13.9 Å². The summed E-state index contributed by atoms with van der Waals surface area (Å²) in [7, 11) is 1.40. The van der Waals surface area contributed by atoms with Crippen molar-refractivity contribution in [2.24, 2.45) is 5.73 Å². The van der Waals surface area contributed by atoms with Gasteiger partial charge >= 0.3 is 0 Å². The quantitative estimate of drug-likeness (QED) is 0.813. The van der Waals surface area contributed by atoms with E-state index in [4.69, 9.17) is 10.5 Å². The summed E-state index contributed by atoms with van der Waals surface area (Å²) in [6.45, 7) is 3.42. The standard InChI is InChI=1S/C18H20BrFN2O2/c1-11(12-4-9-16(24-3)15(20)10-12)22-17(23)18(2,21)13-5-7-14(19)8-6-13/h4-11H,21H2,1-3H3,(H,22,23). The summed E-state index contributed by atoms with van der Waals surface area (Å²) < 4.78 is 19.6. The summed E-state index contributed by atoms with van der Waals surface area (Å²) in [5, 5.41) is 2.83. The van der Waals surface area contributed by atoms with E-state index in [-0.39, 0.29) is 11.7 Å². The number of benzene rings is 2. The van der Waals surface area contributed by atoms with Crippen molar-refractivity contribution in [3.8, 4) is 5.75 Å². The van der Waals surface area contributed by atoms with Gasteiger partial charge in [0.1, 0.15) is 5.54 Å². The van der Waals surface area contributed by atoms with Gasteiger partial charge in [-0.1, -0.05) is 34.1 Å². The van der Waals surface area contributed by atoms with Gasteiger partial charge < -0.3 is 15.8 Å². The van der Waals surface area contributed by atoms with Crippen LogP contribution in [0.4, 0.5) is 4.39 Å². The Labute approximate surface area is 149 Å². The number of methoxy groups -OCH3 is 1. The highest BCUT2D eigenvalue weighted by Gasteiger charge is 2.31. The molecule has 0 fully saturated rings. The minimum absolute atomic E-state index is 0.163. The third-order valence-corrected chi connectivity index (χ3v) is 4.47. The average Bonchev–Trinajstić information content (AvgIpc) is 2.55. The van der Waals surface area contributed by atoms with Crippen molar-refractivity contribution >= 4 is 21.8 Å². The number of carbonyl (C=O) groups is 1. The molecular formula is C18H20BrFN2O2. The summed E-state index contributed by atoms with van der Waals surface area (Å²) in [6, 6.07) is 11.4. The van der Waals surface area contributed by atoms with Crippen LogP contribution in [0.25, 0.3) is 0 Å². The summed E-state index contributed by atoms with van der Waals surface area (Å²) in [4.78, 5) is 12.6. The molecular weight excluding hydrogens is 375 g/mol. The predicted octanol–water partition coefficient (Wildman–Crippen LogP) is 3.65. The highest BCUT2D eigenvalue weighted by atomic mass is 79.9. The van der Waals surface area contributed by atoms with Gasteiger partial charge in [-0.15, -0.1) is 0 Å². The van der Waals surface area contributed by atoms with Gasteiger partial charge in [0.2, 0.25) is 5.91 Å². The Bertz CT molecular complexity index is 732. The molecule has 128 valence electrons. The maximum atomic E-state index is 13.8. The highest BCUT2D eigenvalue weighted by molar-refractivity contribution is 9.10. The second-order valence-electron chi connectivity index (χ2n) is 5.80. The summed E-state index contributed by atoms with van der Waals surface area (Å²) in [6.07, 6.45) is 0. The summed E-state index contributed by atoms with van der Waals surface area (Å²) in [5.74, 6) is -0.649. The van der Waals surface area contributed by atoms with Crippen molar-refractivity contribution in [1.82, 2.24) is 5.32 Å². The van der Waals surface area contributed by atoms with E-state index in [9.17, 15) is 9.18 Å². The minimum Gasteiger partial charge on any atom is -0.494 e. The molecule has 2 unspecified atom stereocenters. The van der Waals surface area contributed by atoms with Crippen molar-refractivity contribution in [3.63, 3.8) is 0 Å². The van der Waals surface area contributed by atoms with Crippen LogP contribution in [-0.4, -0.2) is 13.0 Å². The Balaban J connectivity index is 2.15. The number of carbonyl (C=O) groups excluding carboxylic acids is 1. The first-order valence-corrected chi connectivity index (χ1v) is 8.24. The molecule has 2 aromatic carbocycles. The Kier molecular flexibility index (Phi) is 5.62. The Morgan fingerprint density at radius 1 is 1.29 bits per heavy atom. The van der Waals surface area contributed by atoms with Crippen LogP contribution in [0.1, 0.15) is 31.0 Å². The molecule has 4 nitrogen and oxygen atoms in total. The molecule has 0 aromatic heterocycles. The van der Waals surface area contributed by atoms with E-state index in [1.165, 1.54) is 19.2 Å². The number of amides is 1. The largest absolute Gasteiger partial charge is 0.494 e. The van der Waals surface area contributed by atoms with Gasteiger partial charge in [0.25, 0.3) is 0 Å². The first-order chi connectivity index (χ1) is 11.3. The minimum atomic E-state index is -1.19. The lowest BCUT2D eigenvalue weighted by molar-refractivity contribution is -0.126. The zero-order chi connectivity index (χ0) is 17.9. The highest BCUT2D eigenvalue weighted by Crippen LogP contribution is 2.24. The van der Waals surface area contributed by atoms with Gasteiger partial charge in [0.05, 0.1) is 13.2 Å². The predicted molar refractivity (Wildman–Crippen MR) is 95.2 cm³/mol. The van der Waals surface area contributed by atoms with Gasteiger partial charge in [0.15, 0.2) is 11.6 Å². The van der Waals surface area contributed by atoms with Crippen LogP contribution in [0.2, 0.25) is 0 Å². The lowest BCUT2D eigenvalue weighted by Gasteiger charge is -2.26. The number of rotatable bonds is 5. The SMILES string of the molecule is COc1ccc(C(C)NC(=O)C(C)(N)c2ccc(Br)cc2)cc1F. The lowest BCUT2D eigenvalue weighted by atomic mass is 9.91. The topological polar surface area (TPSA) is 64.3 Å². The maximum absolute atomic E-state index is 13.8. The fraction of sp³-hybridized carbons (Fsp3) is 0.278. The van der Waals surface area contributed by atoms with E-state index >= 15 is 0 Å². The zero-order valence-corrected chi connectivity index (χ0v) is 15.4. The van der Waals surface area contributed by atoms with Crippen molar-refractivity contribution in [3.05, 3.63) is 63.9 Å². The smallest absolute Gasteiger partial charge is 0.244 e. The molecule has 6 heteroatoms. The van der Waals surface area contributed by atoms with Crippen LogP contribution in [0.15, 0.2) is 46.9 Å². The van der Waals surface area contributed by atoms with Crippen molar-refractivity contribution in [2.45, 2.75) is 25.4 Å². The molecule has 0 heterocycles. The number of nitrogens with two attached hydrogens (primary N) is 1. The molecule has 0 saturated heterocycles. The van der Waals surface area contributed by atoms with Crippen LogP contribution >= 0.6 is 15.9 Å². The van der Waals surface area contributed by atoms with Crippen molar-refractivity contribution in [1.29, 1.82) is 0 Å². The van der Waals surface area contributed by atoms with Crippen molar-refractivity contribution in [2.75, 3.05) is 7.11 Å². The maximum Gasteiger partial charge on any atom is 0.244 e. The molecule has 0 radical (unpaired) electrons. The van der Waals surface area contributed by atoms with Crippen LogP contribution in [-0.2, 0) is 10.3 Å². The number of hydrogen-bond acceptors (Lipinski definition) is 3. The average molecular weight is 395 g/mol. The van der Waals surface area contributed by atoms with E-state index in [1.807, 2.05) is 12.1 Å². The first-order valence-electron chi connectivity index (χ1n) is 7.45.